The van der Waals surface area contributed by atoms with E-state index in [9.17, 15) is 4.79 Å². The van der Waals surface area contributed by atoms with E-state index >= 15 is 0 Å². The van der Waals surface area contributed by atoms with E-state index in [4.69, 9.17) is 0 Å². The van der Waals surface area contributed by atoms with Gasteiger partial charge in [0.2, 0.25) is 0 Å². The number of hydrogen-bond acceptors (Lipinski definition) is 5. The average Bonchev–Trinajstić information content (AvgIpc) is 3.28. The molecule has 3 aromatic rings. The van der Waals surface area contributed by atoms with E-state index in [0.717, 1.165) is 22.0 Å². The number of amides is 2. The fraction of sp³-hybridized carbons (Fsp3) is 0.312. The minimum Gasteiger partial charge on any atom is -0.333 e. The first kappa shape index (κ1) is 16.7. The van der Waals surface area contributed by atoms with Gasteiger partial charge in [-0.15, -0.1) is 22.7 Å². The van der Waals surface area contributed by atoms with E-state index in [1.54, 1.807) is 39.6 Å². The molecule has 0 atom stereocenters. The first-order valence-corrected chi connectivity index (χ1v) is 9.39. The van der Waals surface area contributed by atoms with Crippen molar-refractivity contribution < 1.29 is 4.79 Å². The largest absolute Gasteiger partial charge is 0.333 e. The summed E-state index contributed by atoms with van der Waals surface area (Å²) < 4.78 is 1.78. The molecule has 126 valence electrons. The molecule has 8 heteroatoms. The van der Waals surface area contributed by atoms with E-state index in [1.165, 1.54) is 4.88 Å². The summed E-state index contributed by atoms with van der Waals surface area (Å²) in [6.07, 6.45) is 2.56. The molecule has 3 heterocycles. The number of nitrogens with zero attached hydrogens (tertiary/aromatic N) is 3. The lowest BCUT2D eigenvalue weighted by Gasteiger charge is -2.09. The molecule has 24 heavy (non-hydrogen) atoms. The van der Waals surface area contributed by atoms with Crippen molar-refractivity contribution >= 4 is 34.5 Å². The number of rotatable bonds is 6. The summed E-state index contributed by atoms with van der Waals surface area (Å²) in [5, 5.41) is 13.1. The van der Waals surface area contributed by atoms with Crippen molar-refractivity contribution in [3.8, 4) is 0 Å². The Kier molecular flexibility index (Phi) is 5.27. The zero-order valence-electron chi connectivity index (χ0n) is 13.6. The first-order valence-electron chi connectivity index (χ1n) is 7.70. The minimum absolute atomic E-state index is 0.240. The highest BCUT2D eigenvalue weighted by Gasteiger charge is 2.11. The van der Waals surface area contributed by atoms with Gasteiger partial charge >= 0.3 is 6.03 Å². The van der Waals surface area contributed by atoms with Crippen molar-refractivity contribution in [3.63, 3.8) is 0 Å². The lowest BCUT2D eigenvalue weighted by Crippen LogP contribution is -2.29. The van der Waals surface area contributed by atoms with Gasteiger partial charge in [-0.2, -0.15) is 5.10 Å². The second-order valence-corrected chi connectivity index (χ2v) is 7.54. The molecule has 0 saturated carbocycles. The van der Waals surface area contributed by atoms with Crippen LogP contribution in [0.4, 0.5) is 10.6 Å². The quantitative estimate of drug-likeness (QED) is 0.704. The molecule has 0 aliphatic carbocycles. The SMILES string of the molecule is CCc1nc(C)sc1CNC(=O)Nc1ccnn1Cc1cccs1. The Hall–Kier alpha value is -2.19. The number of aromatic nitrogens is 3. The molecule has 3 aromatic heterocycles. The molecular weight excluding hydrogens is 342 g/mol. The Morgan fingerprint density at radius 1 is 1.38 bits per heavy atom. The maximum absolute atomic E-state index is 12.2. The summed E-state index contributed by atoms with van der Waals surface area (Å²) in [7, 11) is 0. The predicted molar refractivity (Wildman–Crippen MR) is 97.7 cm³/mol. The number of hydrogen-bond donors (Lipinski definition) is 2. The fourth-order valence-electron chi connectivity index (χ4n) is 2.36. The molecule has 0 radical (unpaired) electrons. The summed E-state index contributed by atoms with van der Waals surface area (Å²) in [5.41, 5.74) is 1.06. The van der Waals surface area contributed by atoms with Gasteiger partial charge in [-0.25, -0.2) is 14.5 Å². The number of carbonyl (C=O) groups excluding carboxylic acids is 1. The Bertz CT molecular complexity index is 806. The summed E-state index contributed by atoms with van der Waals surface area (Å²) in [4.78, 5) is 18.9. The molecule has 0 bridgehead atoms. The molecule has 6 nitrogen and oxygen atoms in total. The van der Waals surface area contributed by atoms with Gasteiger partial charge in [0, 0.05) is 15.8 Å². The molecule has 2 amide bonds. The molecule has 0 aliphatic rings. The third-order valence-corrected chi connectivity index (χ3v) is 5.35. The van der Waals surface area contributed by atoms with Crippen LogP contribution in [0, 0.1) is 6.92 Å². The van der Waals surface area contributed by atoms with Gasteiger partial charge in [0.15, 0.2) is 0 Å². The number of anilines is 1. The van der Waals surface area contributed by atoms with Crippen molar-refractivity contribution in [2.75, 3.05) is 5.32 Å². The highest BCUT2D eigenvalue weighted by molar-refractivity contribution is 7.11. The maximum Gasteiger partial charge on any atom is 0.320 e. The number of thiophene rings is 1. The summed E-state index contributed by atoms with van der Waals surface area (Å²) in [6.45, 7) is 5.19. The molecule has 0 aliphatic heterocycles. The van der Waals surface area contributed by atoms with Gasteiger partial charge in [-0.3, -0.25) is 5.32 Å². The second-order valence-electron chi connectivity index (χ2n) is 5.22. The van der Waals surface area contributed by atoms with Crippen LogP contribution in [0.25, 0.3) is 0 Å². The van der Waals surface area contributed by atoms with Crippen LogP contribution in [0.15, 0.2) is 29.8 Å². The Morgan fingerprint density at radius 2 is 2.25 bits per heavy atom. The van der Waals surface area contributed by atoms with Gasteiger partial charge < -0.3 is 5.32 Å². The van der Waals surface area contributed by atoms with E-state index in [2.05, 4.69) is 33.7 Å². The lowest BCUT2D eigenvalue weighted by atomic mass is 10.3. The van der Waals surface area contributed by atoms with Crippen molar-refractivity contribution in [1.29, 1.82) is 0 Å². The molecule has 0 unspecified atom stereocenters. The van der Waals surface area contributed by atoms with Crippen molar-refractivity contribution in [2.24, 2.45) is 0 Å². The van der Waals surface area contributed by atoms with Crippen LogP contribution in [0.3, 0.4) is 0 Å². The van der Waals surface area contributed by atoms with Crippen LogP contribution >= 0.6 is 22.7 Å². The van der Waals surface area contributed by atoms with Crippen LogP contribution in [0.1, 0.15) is 27.4 Å². The van der Waals surface area contributed by atoms with Crippen molar-refractivity contribution in [2.45, 2.75) is 33.4 Å². The third-order valence-electron chi connectivity index (χ3n) is 3.47. The number of nitrogens with one attached hydrogen (secondary N) is 2. The maximum atomic E-state index is 12.2. The van der Waals surface area contributed by atoms with Crippen LogP contribution < -0.4 is 10.6 Å². The van der Waals surface area contributed by atoms with E-state index in [1.807, 2.05) is 18.4 Å². The van der Waals surface area contributed by atoms with Crippen molar-refractivity contribution in [3.05, 3.63) is 50.2 Å². The van der Waals surface area contributed by atoms with E-state index in [-0.39, 0.29) is 6.03 Å². The Balaban J connectivity index is 1.58. The molecule has 3 rings (SSSR count). The van der Waals surface area contributed by atoms with Crippen LogP contribution in [0.5, 0.6) is 0 Å². The topological polar surface area (TPSA) is 71.8 Å². The Labute approximate surface area is 148 Å². The summed E-state index contributed by atoms with van der Waals surface area (Å²) in [6, 6.07) is 5.61. The van der Waals surface area contributed by atoms with Crippen LogP contribution in [0.2, 0.25) is 0 Å². The average molecular weight is 361 g/mol. The monoisotopic (exact) mass is 361 g/mol. The normalized spacial score (nSPS) is 10.8. The van der Waals surface area contributed by atoms with Gasteiger partial charge in [-0.1, -0.05) is 13.0 Å². The van der Waals surface area contributed by atoms with Gasteiger partial charge in [0.05, 0.1) is 30.0 Å². The standard InChI is InChI=1S/C16H19N5OS2/c1-3-13-14(24-11(2)19-13)9-17-16(22)20-15-6-7-18-21(15)10-12-5-4-8-23-12/h4-8H,3,9-10H2,1-2H3,(H2,17,20,22). The number of thiazole rings is 1. The summed E-state index contributed by atoms with van der Waals surface area (Å²) in [5.74, 6) is 0.678. The smallest absolute Gasteiger partial charge is 0.320 e. The summed E-state index contributed by atoms with van der Waals surface area (Å²) >= 11 is 3.29. The van der Waals surface area contributed by atoms with E-state index in [0.29, 0.717) is 18.9 Å². The number of carbonyl (C=O) groups is 1. The molecule has 0 saturated heterocycles. The number of aryl methyl sites for hydroxylation is 2. The lowest BCUT2D eigenvalue weighted by molar-refractivity contribution is 0.251. The zero-order valence-corrected chi connectivity index (χ0v) is 15.2. The number of urea groups is 1. The highest BCUT2D eigenvalue weighted by atomic mass is 32.1. The fourth-order valence-corrected chi connectivity index (χ4v) is 4.01. The highest BCUT2D eigenvalue weighted by Crippen LogP contribution is 2.18. The zero-order chi connectivity index (χ0) is 16.9. The Morgan fingerprint density at radius 3 is 3.00 bits per heavy atom. The second kappa shape index (κ2) is 7.59. The van der Waals surface area contributed by atoms with Crippen LogP contribution in [-0.2, 0) is 19.5 Å². The van der Waals surface area contributed by atoms with E-state index < -0.39 is 0 Å². The third kappa shape index (κ3) is 4.01. The first-order chi connectivity index (χ1) is 11.7. The van der Waals surface area contributed by atoms with Gasteiger partial charge in [0.25, 0.3) is 0 Å². The molecular formula is C16H19N5OS2. The van der Waals surface area contributed by atoms with Gasteiger partial charge in [0.1, 0.15) is 5.82 Å². The van der Waals surface area contributed by atoms with Crippen molar-refractivity contribution in [1.82, 2.24) is 20.1 Å². The molecule has 0 spiro atoms. The minimum atomic E-state index is -0.240. The molecule has 0 fully saturated rings. The van der Waals surface area contributed by atoms with Crippen LogP contribution in [-0.4, -0.2) is 20.8 Å². The predicted octanol–water partition coefficient (Wildman–Crippen LogP) is 3.64. The molecule has 0 aromatic carbocycles. The van der Waals surface area contributed by atoms with Gasteiger partial charge in [-0.05, 0) is 24.8 Å². The molecule has 2 N–H and O–H groups in total.